The van der Waals surface area contributed by atoms with Gasteiger partial charge in [0, 0.05) is 36.7 Å². The number of aromatic nitrogens is 1. The van der Waals surface area contributed by atoms with Gasteiger partial charge in [-0.15, -0.1) is 0 Å². The molecule has 37 heavy (non-hydrogen) atoms. The zero-order chi connectivity index (χ0) is 26.7. The number of fused-ring (bicyclic) bond motifs is 1. The van der Waals surface area contributed by atoms with Gasteiger partial charge in [0.2, 0.25) is 15.5 Å². The van der Waals surface area contributed by atoms with Gasteiger partial charge in [-0.2, -0.15) is 4.31 Å². The van der Waals surface area contributed by atoms with E-state index in [4.69, 9.17) is 9.47 Å². The first kappa shape index (κ1) is 26.7. The van der Waals surface area contributed by atoms with Gasteiger partial charge in [-0.25, -0.2) is 8.42 Å². The van der Waals surface area contributed by atoms with E-state index in [1.54, 1.807) is 26.4 Å². The Kier molecular flexibility index (Phi) is 7.89. The smallest absolute Gasteiger partial charge is 0.256 e. The number of carbonyl (C=O) groups is 1. The average molecular weight is 528 g/mol. The minimum Gasteiger partial charge on any atom is -0.493 e. The molecule has 2 heterocycles. The second-order valence-electron chi connectivity index (χ2n) is 9.70. The number of hydrogen-bond acceptors (Lipinski definition) is 6. The van der Waals surface area contributed by atoms with Crippen LogP contribution in [0.3, 0.4) is 0 Å². The van der Waals surface area contributed by atoms with Crippen molar-refractivity contribution in [3.8, 4) is 11.5 Å². The lowest BCUT2D eigenvalue weighted by atomic mass is 9.94. The van der Waals surface area contributed by atoms with Gasteiger partial charge < -0.3 is 19.8 Å². The maximum Gasteiger partial charge on any atom is 0.256 e. The van der Waals surface area contributed by atoms with E-state index in [1.165, 1.54) is 22.6 Å². The molecule has 198 valence electrons. The number of pyridine rings is 1. The number of nitrogens with one attached hydrogen (secondary N) is 2. The Morgan fingerprint density at radius 3 is 2.43 bits per heavy atom. The van der Waals surface area contributed by atoms with Crippen LogP contribution in [0.2, 0.25) is 0 Å². The van der Waals surface area contributed by atoms with Crippen LogP contribution in [0.1, 0.15) is 36.2 Å². The molecule has 0 radical (unpaired) electrons. The molecule has 4 rings (SSSR count). The fourth-order valence-corrected chi connectivity index (χ4v) is 6.64. The summed E-state index contributed by atoms with van der Waals surface area (Å²) in [5.41, 5.74) is 0.803. The van der Waals surface area contributed by atoms with E-state index < -0.39 is 21.4 Å². The van der Waals surface area contributed by atoms with E-state index in [-0.39, 0.29) is 27.7 Å². The fourth-order valence-electron chi connectivity index (χ4n) is 4.93. The third kappa shape index (κ3) is 5.65. The van der Waals surface area contributed by atoms with Crippen molar-refractivity contribution in [2.24, 2.45) is 11.8 Å². The third-order valence-electron chi connectivity index (χ3n) is 6.72. The topological polar surface area (TPSA) is 118 Å². The van der Waals surface area contributed by atoms with Crippen LogP contribution in [0.5, 0.6) is 11.5 Å². The molecule has 2 aromatic carbocycles. The molecular weight excluding hydrogens is 494 g/mol. The van der Waals surface area contributed by atoms with Gasteiger partial charge >= 0.3 is 0 Å². The lowest BCUT2D eigenvalue weighted by Crippen LogP contribution is -2.42. The third-order valence-corrected chi connectivity index (χ3v) is 8.54. The van der Waals surface area contributed by atoms with Gasteiger partial charge in [-0.05, 0) is 60.6 Å². The highest BCUT2D eigenvalue weighted by Gasteiger charge is 2.32. The molecule has 0 saturated carbocycles. The van der Waals surface area contributed by atoms with Crippen LogP contribution < -0.4 is 20.2 Å². The average Bonchev–Trinajstić information content (AvgIpc) is 2.88. The molecule has 1 aromatic heterocycles. The molecule has 9 nitrogen and oxygen atoms in total. The Hall–Kier alpha value is -3.37. The van der Waals surface area contributed by atoms with Crippen molar-refractivity contribution in [3.05, 3.63) is 63.9 Å². The van der Waals surface area contributed by atoms with Crippen molar-refractivity contribution in [2.45, 2.75) is 31.6 Å². The van der Waals surface area contributed by atoms with E-state index >= 15 is 0 Å². The summed E-state index contributed by atoms with van der Waals surface area (Å²) in [7, 11) is -0.648. The van der Waals surface area contributed by atoms with E-state index in [0.29, 0.717) is 43.1 Å². The highest BCUT2D eigenvalue weighted by molar-refractivity contribution is 7.89. The Morgan fingerprint density at radius 1 is 1.05 bits per heavy atom. The van der Waals surface area contributed by atoms with Gasteiger partial charge in [0.15, 0.2) is 11.5 Å². The predicted octanol–water partition coefficient (Wildman–Crippen LogP) is 3.18. The minimum absolute atomic E-state index is 0.0535. The zero-order valence-corrected chi connectivity index (χ0v) is 22.4. The standard InChI is InChI=1S/C27H33N3O6S/c1-17-11-18(2)16-30(15-17)37(33,34)20-6-7-23-21(13-20)26(31)22(14-29-23)27(32)28-10-9-19-5-8-24(35-3)25(12-19)36-4/h5-8,12-14,17-18H,9-11,15-16H2,1-4H3,(H,28,32)(H,29,31). The van der Waals surface area contributed by atoms with Crippen molar-refractivity contribution < 1.29 is 22.7 Å². The van der Waals surface area contributed by atoms with Crippen LogP contribution in [0.15, 0.2) is 52.3 Å². The van der Waals surface area contributed by atoms with Crippen molar-refractivity contribution in [2.75, 3.05) is 33.9 Å². The number of benzene rings is 2. The number of amides is 1. The van der Waals surface area contributed by atoms with Crippen molar-refractivity contribution >= 4 is 26.8 Å². The summed E-state index contributed by atoms with van der Waals surface area (Å²) >= 11 is 0. The number of aromatic amines is 1. The summed E-state index contributed by atoms with van der Waals surface area (Å²) in [4.78, 5) is 29.0. The predicted molar refractivity (Wildman–Crippen MR) is 142 cm³/mol. The summed E-state index contributed by atoms with van der Waals surface area (Å²) in [6, 6.07) is 9.94. The molecule has 2 N–H and O–H groups in total. The molecular formula is C27H33N3O6S. The minimum atomic E-state index is -3.76. The maximum atomic E-state index is 13.3. The molecule has 0 bridgehead atoms. The summed E-state index contributed by atoms with van der Waals surface area (Å²) < 4.78 is 38.7. The Labute approximate surface area is 216 Å². The number of methoxy groups -OCH3 is 2. The molecule has 10 heteroatoms. The maximum absolute atomic E-state index is 13.3. The Balaban J connectivity index is 1.53. The van der Waals surface area contributed by atoms with E-state index in [9.17, 15) is 18.0 Å². The number of rotatable bonds is 8. The molecule has 1 aliphatic heterocycles. The highest BCUT2D eigenvalue weighted by atomic mass is 32.2. The number of carbonyl (C=O) groups excluding carboxylic acids is 1. The number of sulfonamides is 1. The molecule has 3 aromatic rings. The van der Waals surface area contributed by atoms with Crippen molar-refractivity contribution in [1.82, 2.24) is 14.6 Å². The van der Waals surface area contributed by atoms with Crippen LogP contribution in [0.4, 0.5) is 0 Å². The van der Waals surface area contributed by atoms with Crippen LogP contribution in [0.25, 0.3) is 10.9 Å². The molecule has 0 spiro atoms. The van der Waals surface area contributed by atoms with Gasteiger partial charge in [-0.1, -0.05) is 19.9 Å². The van der Waals surface area contributed by atoms with Crippen LogP contribution >= 0.6 is 0 Å². The second kappa shape index (κ2) is 10.9. The summed E-state index contributed by atoms with van der Waals surface area (Å²) in [6.07, 6.45) is 2.86. The zero-order valence-electron chi connectivity index (χ0n) is 21.5. The molecule has 0 aliphatic carbocycles. The molecule has 1 aliphatic rings. The summed E-state index contributed by atoms with van der Waals surface area (Å²) in [6.45, 7) is 5.28. The number of piperidine rings is 1. The fraction of sp³-hybridized carbons (Fsp3) is 0.407. The summed E-state index contributed by atoms with van der Waals surface area (Å²) in [5.74, 6) is 1.20. The molecule has 2 unspecified atom stereocenters. The molecule has 1 amide bonds. The molecule has 1 saturated heterocycles. The van der Waals surface area contributed by atoms with E-state index in [1.807, 2.05) is 26.0 Å². The normalized spacial score (nSPS) is 18.5. The van der Waals surface area contributed by atoms with Gasteiger partial charge in [0.05, 0.1) is 19.1 Å². The van der Waals surface area contributed by atoms with Crippen LogP contribution in [0, 0.1) is 11.8 Å². The molecule has 2 atom stereocenters. The molecule has 1 fully saturated rings. The van der Waals surface area contributed by atoms with E-state index in [0.717, 1.165) is 12.0 Å². The SMILES string of the molecule is COc1ccc(CCNC(=O)c2c[nH]c3ccc(S(=O)(=O)N4CC(C)CC(C)C4)cc3c2=O)cc1OC. The number of H-pyrrole nitrogens is 1. The number of nitrogens with zero attached hydrogens (tertiary/aromatic N) is 1. The first-order chi connectivity index (χ1) is 17.6. The lowest BCUT2D eigenvalue weighted by Gasteiger charge is -2.34. The Morgan fingerprint density at radius 2 is 1.76 bits per heavy atom. The number of hydrogen-bond donors (Lipinski definition) is 2. The Bertz CT molecular complexity index is 1460. The summed E-state index contributed by atoms with van der Waals surface area (Å²) in [5, 5.41) is 2.93. The number of ether oxygens (including phenoxy) is 2. The largest absolute Gasteiger partial charge is 0.493 e. The lowest BCUT2D eigenvalue weighted by molar-refractivity contribution is 0.0953. The van der Waals surface area contributed by atoms with Crippen LogP contribution in [-0.2, 0) is 16.4 Å². The monoisotopic (exact) mass is 527 g/mol. The second-order valence-corrected chi connectivity index (χ2v) is 11.6. The highest BCUT2D eigenvalue weighted by Crippen LogP contribution is 2.28. The van der Waals surface area contributed by atoms with Crippen LogP contribution in [-0.4, -0.2) is 57.5 Å². The quantitative estimate of drug-likeness (QED) is 0.465. The van der Waals surface area contributed by atoms with E-state index in [2.05, 4.69) is 10.3 Å². The van der Waals surface area contributed by atoms with Gasteiger partial charge in [-0.3, -0.25) is 9.59 Å². The first-order valence-corrected chi connectivity index (χ1v) is 13.7. The first-order valence-electron chi connectivity index (χ1n) is 12.3. The van der Waals surface area contributed by atoms with Crippen molar-refractivity contribution in [1.29, 1.82) is 0 Å². The van der Waals surface area contributed by atoms with Gasteiger partial charge in [0.25, 0.3) is 5.91 Å². The van der Waals surface area contributed by atoms with Gasteiger partial charge in [0.1, 0.15) is 5.56 Å². The van der Waals surface area contributed by atoms with Crippen molar-refractivity contribution in [3.63, 3.8) is 0 Å².